The third kappa shape index (κ3) is 2.55. The van der Waals surface area contributed by atoms with Crippen LogP contribution in [0.5, 0.6) is 0 Å². The van der Waals surface area contributed by atoms with Gasteiger partial charge in [-0.05, 0) is 23.1 Å². The van der Waals surface area contributed by atoms with Crippen LogP contribution in [0.4, 0.5) is 0 Å². The maximum atomic E-state index is 11.5. The first-order valence-corrected chi connectivity index (χ1v) is 8.61. The van der Waals surface area contributed by atoms with Crippen LogP contribution in [-0.2, 0) is 5.75 Å². The molecule has 1 aliphatic heterocycles. The summed E-state index contributed by atoms with van der Waals surface area (Å²) in [4.78, 5) is 16.4. The number of benzene rings is 1. The molecule has 0 radical (unpaired) electrons. The summed E-state index contributed by atoms with van der Waals surface area (Å²) in [6.45, 7) is 0. The van der Waals surface area contributed by atoms with Crippen molar-refractivity contribution in [3.8, 4) is 0 Å². The van der Waals surface area contributed by atoms with Crippen LogP contribution in [-0.4, -0.2) is 10.9 Å². The standard InChI is InChI=1S/C15H14ClN3OS/c16-13-8-12-11(14(19-13)15(17)20)6-7-21(12,18)9-10-4-2-1-3-5-10/h1-8H,9,18H2,(H2,17,20). The summed E-state index contributed by atoms with van der Waals surface area (Å²) >= 11 is 6.01. The summed E-state index contributed by atoms with van der Waals surface area (Å²) in [6.07, 6.45) is 1.83. The quantitative estimate of drug-likeness (QED) is 0.853. The smallest absolute Gasteiger partial charge is 0.268 e. The van der Waals surface area contributed by atoms with Gasteiger partial charge in [0.25, 0.3) is 5.91 Å². The van der Waals surface area contributed by atoms with E-state index in [2.05, 4.69) is 4.98 Å². The van der Waals surface area contributed by atoms with Crippen LogP contribution in [0.15, 0.2) is 46.7 Å². The highest BCUT2D eigenvalue weighted by atomic mass is 35.5. The molecule has 2 heterocycles. The average Bonchev–Trinajstić information content (AvgIpc) is 2.76. The van der Waals surface area contributed by atoms with Crippen molar-refractivity contribution in [2.45, 2.75) is 10.6 Å². The summed E-state index contributed by atoms with van der Waals surface area (Å²) in [6, 6.07) is 11.7. The van der Waals surface area contributed by atoms with E-state index in [9.17, 15) is 4.79 Å². The summed E-state index contributed by atoms with van der Waals surface area (Å²) in [5, 5.41) is 8.79. The molecule has 0 fully saturated rings. The van der Waals surface area contributed by atoms with E-state index < -0.39 is 16.1 Å². The Bertz CT molecular complexity index is 748. The SMILES string of the molecule is NC(=O)c1nc(Cl)cc2c1C=CS2(N)Cc1ccccc1. The zero-order chi connectivity index (χ0) is 15.0. The second-order valence-electron chi connectivity index (χ2n) is 4.85. The van der Waals surface area contributed by atoms with Gasteiger partial charge in [0.1, 0.15) is 10.8 Å². The molecule has 1 amide bonds. The highest BCUT2D eigenvalue weighted by Gasteiger charge is 2.30. The van der Waals surface area contributed by atoms with Gasteiger partial charge in [0.15, 0.2) is 0 Å². The van der Waals surface area contributed by atoms with Gasteiger partial charge >= 0.3 is 0 Å². The molecule has 4 nitrogen and oxygen atoms in total. The van der Waals surface area contributed by atoms with Crippen LogP contribution in [0.3, 0.4) is 0 Å². The van der Waals surface area contributed by atoms with Gasteiger partial charge in [-0.2, -0.15) is 0 Å². The Morgan fingerprint density at radius 3 is 2.67 bits per heavy atom. The number of fused-ring (bicyclic) bond motifs is 1. The van der Waals surface area contributed by atoms with E-state index in [0.29, 0.717) is 11.3 Å². The molecule has 1 unspecified atom stereocenters. The van der Waals surface area contributed by atoms with Crippen molar-refractivity contribution in [3.63, 3.8) is 0 Å². The predicted molar refractivity (Wildman–Crippen MR) is 87.0 cm³/mol. The Labute approximate surface area is 129 Å². The summed E-state index contributed by atoms with van der Waals surface area (Å²) < 4.78 is 0. The number of nitrogens with two attached hydrogens (primary N) is 2. The number of aromatic nitrogens is 1. The number of primary amides is 1. The second-order valence-corrected chi connectivity index (χ2v) is 7.94. The number of rotatable bonds is 3. The predicted octanol–water partition coefficient (Wildman–Crippen LogP) is 3.06. The monoisotopic (exact) mass is 319 g/mol. The van der Waals surface area contributed by atoms with E-state index >= 15 is 0 Å². The molecule has 6 heteroatoms. The van der Waals surface area contributed by atoms with E-state index in [1.165, 1.54) is 0 Å². The number of hydrogen-bond acceptors (Lipinski definition) is 3. The number of hydrogen-bond donors (Lipinski definition) is 2. The lowest BCUT2D eigenvalue weighted by Gasteiger charge is -2.30. The van der Waals surface area contributed by atoms with Crippen LogP contribution < -0.4 is 10.9 Å². The average molecular weight is 320 g/mol. The lowest BCUT2D eigenvalue weighted by molar-refractivity contribution is 0.0995. The second kappa shape index (κ2) is 5.18. The number of carbonyl (C=O) groups excluding carboxylic acids is 1. The molecule has 1 aromatic heterocycles. The molecule has 1 aromatic carbocycles. The topological polar surface area (TPSA) is 82.0 Å². The van der Waals surface area contributed by atoms with E-state index in [0.717, 1.165) is 10.5 Å². The van der Waals surface area contributed by atoms with Gasteiger partial charge in [-0.15, -0.1) is 10.2 Å². The Balaban J connectivity index is 2.07. The molecule has 3 rings (SSSR count). The molecular formula is C15H14ClN3OS. The molecule has 0 spiro atoms. The fourth-order valence-corrected chi connectivity index (χ4v) is 5.09. The molecule has 0 aliphatic carbocycles. The number of halogens is 1. The first-order chi connectivity index (χ1) is 9.99. The molecule has 4 N–H and O–H groups in total. The fraction of sp³-hybridized carbons (Fsp3) is 0.0667. The molecule has 0 saturated carbocycles. The minimum Gasteiger partial charge on any atom is -0.364 e. The van der Waals surface area contributed by atoms with Crippen molar-refractivity contribution in [3.05, 3.63) is 63.8 Å². The molecule has 0 bridgehead atoms. The molecular weight excluding hydrogens is 306 g/mol. The lowest BCUT2D eigenvalue weighted by Crippen LogP contribution is -2.17. The Morgan fingerprint density at radius 1 is 1.29 bits per heavy atom. The zero-order valence-electron chi connectivity index (χ0n) is 11.1. The summed E-state index contributed by atoms with van der Waals surface area (Å²) in [7, 11) is -1.71. The normalized spacial score (nSPS) is 22.6. The van der Waals surface area contributed by atoms with Crippen molar-refractivity contribution in [1.82, 2.24) is 4.98 Å². The number of carbonyl (C=O) groups is 1. The van der Waals surface area contributed by atoms with Gasteiger partial charge in [-0.3, -0.25) is 9.93 Å². The van der Waals surface area contributed by atoms with Crippen molar-refractivity contribution in [1.29, 1.82) is 0 Å². The van der Waals surface area contributed by atoms with E-state index in [4.69, 9.17) is 22.5 Å². The van der Waals surface area contributed by atoms with Gasteiger partial charge in [-0.25, -0.2) is 4.98 Å². The third-order valence-corrected chi connectivity index (χ3v) is 6.14. The Morgan fingerprint density at radius 2 is 2.00 bits per heavy atom. The number of pyridine rings is 1. The highest BCUT2D eigenvalue weighted by molar-refractivity contribution is 8.34. The van der Waals surface area contributed by atoms with Gasteiger partial charge in [0, 0.05) is 16.2 Å². The molecule has 21 heavy (non-hydrogen) atoms. The molecule has 0 saturated heterocycles. The van der Waals surface area contributed by atoms with Gasteiger partial charge in [0.05, 0.1) is 0 Å². The van der Waals surface area contributed by atoms with Crippen LogP contribution in [0, 0.1) is 0 Å². The van der Waals surface area contributed by atoms with Gasteiger partial charge in [-0.1, -0.05) is 41.9 Å². The van der Waals surface area contributed by atoms with Crippen LogP contribution in [0.1, 0.15) is 21.6 Å². The van der Waals surface area contributed by atoms with Crippen molar-refractivity contribution < 1.29 is 4.79 Å². The molecule has 108 valence electrons. The first-order valence-electron chi connectivity index (χ1n) is 6.31. The number of amides is 1. The van der Waals surface area contributed by atoms with Gasteiger partial charge in [0.2, 0.25) is 0 Å². The minimum absolute atomic E-state index is 0.182. The van der Waals surface area contributed by atoms with Crippen LogP contribution in [0.25, 0.3) is 6.08 Å². The maximum Gasteiger partial charge on any atom is 0.268 e. The Hall–Kier alpha value is -1.82. The van der Waals surface area contributed by atoms with E-state index in [1.807, 2.05) is 41.8 Å². The fourth-order valence-electron chi connectivity index (χ4n) is 2.40. The van der Waals surface area contributed by atoms with E-state index in [1.54, 1.807) is 6.07 Å². The van der Waals surface area contributed by atoms with Crippen LogP contribution >= 0.6 is 21.8 Å². The van der Waals surface area contributed by atoms with Crippen molar-refractivity contribution >= 4 is 33.8 Å². The van der Waals surface area contributed by atoms with Crippen molar-refractivity contribution in [2.24, 2.45) is 10.9 Å². The molecule has 1 aliphatic rings. The summed E-state index contributed by atoms with van der Waals surface area (Å²) in [5.41, 5.74) is 7.39. The number of nitrogens with zero attached hydrogens (tertiary/aromatic N) is 1. The summed E-state index contributed by atoms with van der Waals surface area (Å²) in [5.74, 6) is 0.0948. The van der Waals surface area contributed by atoms with Gasteiger partial charge < -0.3 is 5.73 Å². The maximum absolute atomic E-state index is 11.5. The lowest BCUT2D eigenvalue weighted by atomic mass is 10.2. The largest absolute Gasteiger partial charge is 0.364 e. The highest BCUT2D eigenvalue weighted by Crippen LogP contribution is 2.59. The van der Waals surface area contributed by atoms with Crippen LogP contribution in [0.2, 0.25) is 5.15 Å². The first kappa shape index (κ1) is 14.1. The molecule has 1 atom stereocenters. The minimum atomic E-state index is -1.71. The van der Waals surface area contributed by atoms with Crippen molar-refractivity contribution in [2.75, 3.05) is 0 Å². The zero-order valence-corrected chi connectivity index (χ0v) is 12.7. The van der Waals surface area contributed by atoms with E-state index in [-0.39, 0.29) is 10.8 Å². The molecule has 2 aromatic rings. The third-order valence-electron chi connectivity index (χ3n) is 3.36. The Kier molecular flexibility index (Phi) is 3.49.